The number of pyridine rings is 1. The number of nitrogens with zero attached hydrogens (tertiary/aromatic N) is 2. The summed E-state index contributed by atoms with van der Waals surface area (Å²) in [6.45, 7) is 6.51. The number of benzene rings is 1. The predicted octanol–water partition coefficient (Wildman–Crippen LogP) is 6.29. The molecular formula is C41H52ClF4N5O9S. The van der Waals surface area contributed by atoms with E-state index in [0.717, 1.165) is 18.7 Å². The number of sulfonamides is 1. The first kappa shape index (κ1) is 46.1. The number of carbonyl (C=O) groups is 4. The number of carbonyl (C=O) groups excluding carboxylic acids is 4. The van der Waals surface area contributed by atoms with Crippen molar-refractivity contribution in [2.75, 3.05) is 13.2 Å². The Balaban J connectivity index is 1.37. The summed E-state index contributed by atoms with van der Waals surface area (Å²) in [6, 6.07) is 3.34. The summed E-state index contributed by atoms with van der Waals surface area (Å²) in [6.07, 6.45) is 0.528. The molecule has 1 saturated heterocycles. The highest BCUT2D eigenvalue weighted by atomic mass is 35.5. The van der Waals surface area contributed by atoms with Gasteiger partial charge in [-0.15, -0.1) is 0 Å². The fourth-order valence-corrected chi connectivity index (χ4v) is 9.27. The Morgan fingerprint density at radius 2 is 1.82 bits per heavy atom. The summed E-state index contributed by atoms with van der Waals surface area (Å²) < 4.78 is 99.3. The van der Waals surface area contributed by atoms with Crippen LogP contribution in [0.4, 0.5) is 22.4 Å². The topological polar surface area (TPSA) is 182 Å². The van der Waals surface area contributed by atoms with Crippen molar-refractivity contribution >= 4 is 56.2 Å². The van der Waals surface area contributed by atoms with E-state index in [0.29, 0.717) is 49.8 Å². The van der Waals surface area contributed by atoms with Gasteiger partial charge in [0.05, 0.1) is 11.3 Å². The fraction of sp³-hybridized carbons (Fsp3) is 0.634. The standard InChI is InChI=1S/C41H52ClF4N5O9S/c1-22-10-7-8-11-24-19-41(24,36(54)50-61(56,57)39(5)14-15-39)49-33(52)29-17-25(59-34-26-12-9-13-28(42)27(26)18-31(47-34)58-21-30(43)44)20-51(29)35(53)32(23(2)16-22)48-37(55)60-38(3,4)40(6,45)46/h8-9,11-13,18,22-25,29-30,32H,7,10,14-17,19-21H2,1-6H3,(H,48,55)(H,49,52)(H,50,54)/b11-8-/t22-,23+,24?,25+,29-,32-,41+/m0/s1. The normalized spacial score (nSPS) is 28.7. The summed E-state index contributed by atoms with van der Waals surface area (Å²) >= 11 is 6.46. The van der Waals surface area contributed by atoms with Crippen LogP contribution in [0.25, 0.3) is 10.8 Å². The molecule has 0 radical (unpaired) electrons. The number of alkyl carbamates (subject to hydrolysis) is 1. The molecule has 4 amide bonds. The second-order valence-electron chi connectivity index (χ2n) is 17.7. The fourth-order valence-electron chi connectivity index (χ4n) is 7.73. The molecule has 61 heavy (non-hydrogen) atoms. The Bertz CT molecular complexity index is 2190. The van der Waals surface area contributed by atoms with Crippen molar-refractivity contribution < 1.29 is 59.4 Å². The molecule has 1 unspecified atom stereocenters. The minimum absolute atomic E-state index is 0.0399. The zero-order valence-electron chi connectivity index (χ0n) is 34.7. The Morgan fingerprint density at radius 1 is 1.11 bits per heavy atom. The van der Waals surface area contributed by atoms with E-state index in [-0.39, 0.29) is 42.1 Å². The van der Waals surface area contributed by atoms with Crippen LogP contribution < -0.4 is 24.8 Å². The van der Waals surface area contributed by atoms with E-state index in [1.165, 1.54) is 13.0 Å². The molecule has 1 aromatic heterocycles. The molecule has 2 aliphatic carbocycles. The van der Waals surface area contributed by atoms with Crippen molar-refractivity contribution in [3.05, 3.63) is 41.4 Å². The lowest BCUT2D eigenvalue weighted by atomic mass is 9.88. The molecule has 0 bridgehead atoms. The Labute approximate surface area is 356 Å². The van der Waals surface area contributed by atoms with E-state index >= 15 is 0 Å². The summed E-state index contributed by atoms with van der Waals surface area (Å²) in [4.78, 5) is 62.2. The SMILES string of the molecule is C[C@H]1CC/C=C\C2C[C@@]2(C(=O)NS(=O)(=O)C2(C)CC2)NC(=O)[C@@H]2C[C@@H](Oc3nc(OCC(F)F)cc4c(Cl)cccc34)CN2C(=O)[C@@H](NC(=O)OC(C)(C)C(C)(F)F)[C@H](C)C1. The number of aromatic nitrogens is 1. The second kappa shape index (κ2) is 17.1. The van der Waals surface area contributed by atoms with Gasteiger partial charge in [-0.05, 0) is 83.3 Å². The average Bonchev–Trinajstić information content (AvgIpc) is 4.04. The molecule has 3 fully saturated rings. The first-order valence-electron chi connectivity index (χ1n) is 20.3. The van der Waals surface area contributed by atoms with Gasteiger partial charge in [-0.2, -0.15) is 4.98 Å². The largest absolute Gasteiger partial charge is 0.472 e. The van der Waals surface area contributed by atoms with Gasteiger partial charge in [0.15, 0.2) is 12.2 Å². The van der Waals surface area contributed by atoms with Gasteiger partial charge in [-0.25, -0.2) is 30.8 Å². The van der Waals surface area contributed by atoms with Crippen LogP contribution in [-0.2, 0) is 29.1 Å². The molecule has 3 heterocycles. The maximum atomic E-state index is 14.9. The molecule has 336 valence electrons. The smallest absolute Gasteiger partial charge is 0.408 e. The number of allylic oxidation sites excluding steroid dienone is 1. The van der Waals surface area contributed by atoms with Gasteiger partial charge in [0, 0.05) is 41.1 Å². The Morgan fingerprint density at radius 3 is 2.48 bits per heavy atom. The van der Waals surface area contributed by atoms with Gasteiger partial charge in [0.1, 0.15) is 23.7 Å². The Hall–Kier alpha value is -4.39. The quantitative estimate of drug-likeness (QED) is 0.171. The van der Waals surface area contributed by atoms with Crippen LogP contribution >= 0.6 is 11.6 Å². The number of rotatable bonds is 11. The molecule has 1 aromatic carbocycles. The lowest BCUT2D eigenvalue weighted by Gasteiger charge is -2.35. The van der Waals surface area contributed by atoms with Crippen LogP contribution in [-0.4, -0.2) is 102 Å². The van der Waals surface area contributed by atoms with Gasteiger partial charge in [-0.1, -0.05) is 43.7 Å². The molecule has 2 aromatic rings. The number of amides is 4. The zero-order valence-corrected chi connectivity index (χ0v) is 36.3. The monoisotopic (exact) mass is 901 g/mol. The minimum atomic E-state index is -4.11. The second-order valence-corrected chi connectivity index (χ2v) is 20.3. The van der Waals surface area contributed by atoms with Gasteiger partial charge >= 0.3 is 6.09 Å². The summed E-state index contributed by atoms with van der Waals surface area (Å²) in [7, 11) is -4.11. The lowest BCUT2D eigenvalue weighted by Crippen LogP contribution is -2.59. The molecule has 6 rings (SSSR count). The summed E-state index contributed by atoms with van der Waals surface area (Å²) in [5, 5.41) is 6.19. The van der Waals surface area contributed by atoms with Crippen molar-refractivity contribution in [3.63, 3.8) is 0 Å². The predicted molar refractivity (Wildman–Crippen MR) is 216 cm³/mol. The number of hydrogen-bond acceptors (Lipinski definition) is 10. The van der Waals surface area contributed by atoms with Crippen molar-refractivity contribution in [3.8, 4) is 11.8 Å². The molecule has 2 saturated carbocycles. The van der Waals surface area contributed by atoms with E-state index in [9.17, 15) is 45.2 Å². The number of fused-ring (bicyclic) bond motifs is 3. The third-order valence-electron chi connectivity index (χ3n) is 12.3. The molecule has 2 aliphatic heterocycles. The molecule has 20 heteroatoms. The molecular weight excluding hydrogens is 850 g/mol. The van der Waals surface area contributed by atoms with E-state index in [1.54, 1.807) is 31.2 Å². The van der Waals surface area contributed by atoms with Gasteiger partial charge < -0.3 is 29.7 Å². The molecule has 14 nitrogen and oxygen atoms in total. The third-order valence-corrected chi connectivity index (χ3v) is 14.8. The maximum absolute atomic E-state index is 14.9. The first-order valence-corrected chi connectivity index (χ1v) is 22.1. The van der Waals surface area contributed by atoms with Gasteiger partial charge in [-0.3, -0.25) is 19.1 Å². The van der Waals surface area contributed by atoms with Crippen molar-refractivity contribution in [2.24, 2.45) is 17.8 Å². The lowest BCUT2D eigenvalue weighted by molar-refractivity contribution is -0.152. The first-order chi connectivity index (χ1) is 28.4. The average molecular weight is 902 g/mol. The summed E-state index contributed by atoms with van der Waals surface area (Å²) in [5.74, 6) is -7.62. The number of alkyl halides is 4. The summed E-state index contributed by atoms with van der Waals surface area (Å²) in [5.41, 5.74) is -3.97. The van der Waals surface area contributed by atoms with Crippen molar-refractivity contribution in [1.29, 1.82) is 0 Å². The van der Waals surface area contributed by atoms with E-state index in [2.05, 4.69) is 20.3 Å². The molecule has 3 N–H and O–H groups in total. The zero-order chi connectivity index (χ0) is 44.9. The van der Waals surface area contributed by atoms with Crippen molar-refractivity contribution in [2.45, 2.75) is 133 Å². The highest BCUT2D eigenvalue weighted by Gasteiger charge is 2.63. The highest BCUT2D eigenvalue weighted by molar-refractivity contribution is 7.91. The maximum Gasteiger partial charge on any atom is 0.408 e. The van der Waals surface area contributed by atoms with E-state index < -0.39 is 98.7 Å². The highest BCUT2D eigenvalue weighted by Crippen LogP contribution is 2.48. The Kier molecular flexibility index (Phi) is 12.9. The van der Waals surface area contributed by atoms with Crippen LogP contribution in [0, 0.1) is 17.8 Å². The minimum Gasteiger partial charge on any atom is -0.472 e. The molecule has 0 spiro atoms. The van der Waals surface area contributed by atoms with Crippen LogP contribution in [0.3, 0.4) is 0 Å². The third kappa shape index (κ3) is 9.97. The van der Waals surface area contributed by atoms with Gasteiger partial charge in [0.2, 0.25) is 33.6 Å². The van der Waals surface area contributed by atoms with Crippen LogP contribution in [0.15, 0.2) is 36.4 Å². The van der Waals surface area contributed by atoms with E-state index in [1.807, 2.05) is 13.0 Å². The number of nitrogens with one attached hydrogen (secondary N) is 3. The van der Waals surface area contributed by atoms with Crippen LogP contribution in [0.5, 0.6) is 11.8 Å². The number of ether oxygens (including phenoxy) is 3. The molecule has 4 aliphatic rings. The van der Waals surface area contributed by atoms with Crippen LogP contribution in [0.2, 0.25) is 5.02 Å². The van der Waals surface area contributed by atoms with E-state index in [4.69, 9.17) is 25.8 Å². The van der Waals surface area contributed by atoms with Crippen molar-refractivity contribution in [1.82, 2.24) is 25.2 Å². The number of halogens is 5. The number of hydrogen-bond donors (Lipinski definition) is 3. The van der Waals surface area contributed by atoms with Crippen LogP contribution in [0.1, 0.15) is 86.5 Å². The van der Waals surface area contributed by atoms with Gasteiger partial charge in [0.25, 0.3) is 18.3 Å². The molecule has 7 atom stereocenters.